The van der Waals surface area contributed by atoms with Gasteiger partial charge in [-0.05, 0) is 48.4 Å². The minimum absolute atomic E-state index is 0.00563. The van der Waals surface area contributed by atoms with Crippen LogP contribution in [-0.4, -0.2) is 52.1 Å². The van der Waals surface area contributed by atoms with Crippen molar-refractivity contribution in [3.05, 3.63) is 29.3 Å². The molecule has 3 rings (SSSR count). The second kappa shape index (κ2) is 7.41. The molecule has 0 saturated heterocycles. The molecule has 8 heteroatoms. The van der Waals surface area contributed by atoms with Crippen LogP contribution in [0.4, 0.5) is 0 Å². The van der Waals surface area contributed by atoms with Gasteiger partial charge in [-0.2, -0.15) is 0 Å². The van der Waals surface area contributed by atoms with E-state index in [4.69, 9.17) is 10.5 Å². The van der Waals surface area contributed by atoms with Crippen molar-refractivity contribution in [1.82, 2.24) is 9.62 Å². The van der Waals surface area contributed by atoms with Gasteiger partial charge in [-0.3, -0.25) is 4.79 Å². The zero-order chi connectivity index (χ0) is 18.0. The summed E-state index contributed by atoms with van der Waals surface area (Å²) < 4.78 is 32.0. The SMILES string of the molecule is COCCNS(=O)(=O)c1ccc2c(c1)CCN(C(=O)[C@@H](N)C1CC1)C2. The van der Waals surface area contributed by atoms with Crippen molar-refractivity contribution in [1.29, 1.82) is 0 Å². The van der Waals surface area contributed by atoms with Crippen LogP contribution in [0.1, 0.15) is 24.0 Å². The van der Waals surface area contributed by atoms with Gasteiger partial charge in [0.1, 0.15) is 0 Å². The molecule has 25 heavy (non-hydrogen) atoms. The first-order chi connectivity index (χ1) is 11.9. The van der Waals surface area contributed by atoms with E-state index in [0.29, 0.717) is 32.0 Å². The summed E-state index contributed by atoms with van der Waals surface area (Å²) in [5.74, 6) is 0.339. The lowest BCUT2D eigenvalue weighted by Crippen LogP contribution is -2.46. The van der Waals surface area contributed by atoms with Crippen LogP contribution in [0.5, 0.6) is 0 Å². The number of carbonyl (C=O) groups excluding carboxylic acids is 1. The van der Waals surface area contributed by atoms with Crippen molar-refractivity contribution in [2.45, 2.75) is 36.7 Å². The van der Waals surface area contributed by atoms with E-state index in [1.807, 2.05) is 0 Å². The van der Waals surface area contributed by atoms with E-state index >= 15 is 0 Å². The molecule has 1 aromatic rings. The van der Waals surface area contributed by atoms with Gasteiger partial charge < -0.3 is 15.4 Å². The first-order valence-corrected chi connectivity index (χ1v) is 10.1. The number of nitrogens with two attached hydrogens (primary N) is 1. The Hall–Kier alpha value is -1.48. The molecule has 0 radical (unpaired) electrons. The molecule has 1 saturated carbocycles. The molecule has 3 N–H and O–H groups in total. The number of hydrogen-bond donors (Lipinski definition) is 2. The van der Waals surface area contributed by atoms with Gasteiger partial charge in [0.25, 0.3) is 0 Å². The van der Waals surface area contributed by atoms with Gasteiger partial charge in [0.2, 0.25) is 15.9 Å². The summed E-state index contributed by atoms with van der Waals surface area (Å²) in [4.78, 5) is 14.5. The topological polar surface area (TPSA) is 102 Å². The molecule has 0 aromatic heterocycles. The first-order valence-electron chi connectivity index (χ1n) is 8.57. The number of methoxy groups -OCH3 is 1. The molecule has 2 aliphatic rings. The van der Waals surface area contributed by atoms with Gasteiger partial charge in [0.05, 0.1) is 17.5 Å². The Labute approximate surface area is 148 Å². The standard InChI is InChI=1S/C17H25N3O4S/c1-24-9-7-19-25(22,23)15-5-4-14-11-20(8-6-13(14)10-15)17(21)16(18)12-2-3-12/h4-5,10,12,16,19H,2-3,6-9,11,18H2,1H3/t16-/m0/s1. The van der Waals surface area contributed by atoms with Crippen LogP contribution in [0.25, 0.3) is 0 Å². The highest BCUT2D eigenvalue weighted by Crippen LogP contribution is 2.33. The number of hydrogen-bond acceptors (Lipinski definition) is 5. The predicted octanol–water partition coefficient (Wildman–Crippen LogP) is 0.233. The lowest BCUT2D eigenvalue weighted by molar-refractivity contribution is -0.134. The molecular formula is C17H25N3O4S. The van der Waals surface area contributed by atoms with Crippen LogP contribution in [0, 0.1) is 5.92 Å². The highest BCUT2D eigenvalue weighted by Gasteiger charge is 2.36. The van der Waals surface area contributed by atoms with Crippen LogP contribution in [-0.2, 0) is 32.5 Å². The largest absolute Gasteiger partial charge is 0.383 e. The van der Waals surface area contributed by atoms with E-state index in [1.165, 1.54) is 7.11 Å². The van der Waals surface area contributed by atoms with Crippen LogP contribution >= 0.6 is 0 Å². The number of nitrogens with one attached hydrogen (secondary N) is 1. The molecule has 1 heterocycles. The third-order valence-electron chi connectivity index (χ3n) is 4.83. The van der Waals surface area contributed by atoms with Crippen molar-refractivity contribution in [3.8, 4) is 0 Å². The quantitative estimate of drug-likeness (QED) is 0.672. The molecule has 0 bridgehead atoms. The zero-order valence-corrected chi connectivity index (χ0v) is 15.2. The third-order valence-corrected chi connectivity index (χ3v) is 6.28. The Kier molecular flexibility index (Phi) is 5.43. The summed E-state index contributed by atoms with van der Waals surface area (Å²) in [6.07, 6.45) is 2.71. The first kappa shape index (κ1) is 18.3. The van der Waals surface area contributed by atoms with Crippen molar-refractivity contribution in [3.63, 3.8) is 0 Å². The van der Waals surface area contributed by atoms with Gasteiger partial charge in [-0.1, -0.05) is 6.07 Å². The minimum Gasteiger partial charge on any atom is -0.383 e. The zero-order valence-electron chi connectivity index (χ0n) is 14.4. The summed E-state index contributed by atoms with van der Waals surface area (Å²) >= 11 is 0. The maximum atomic E-state index is 12.4. The highest BCUT2D eigenvalue weighted by atomic mass is 32.2. The number of benzene rings is 1. The average Bonchev–Trinajstić information content (AvgIpc) is 3.44. The maximum absolute atomic E-state index is 12.4. The van der Waals surface area contributed by atoms with E-state index < -0.39 is 16.1 Å². The normalized spacial score (nSPS) is 18.7. The van der Waals surface area contributed by atoms with Crippen LogP contribution < -0.4 is 10.5 Å². The third kappa shape index (κ3) is 4.20. The summed E-state index contributed by atoms with van der Waals surface area (Å²) in [5.41, 5.74) is 7.98. The highest BCUT2D eigenvalue weighted by molar-refractivity contribution is 7.89. The molecule has 1 amide bonds. The number of carbonyl (C=O) groups is 1. The monoisotopic (exact) mass is 367 g/mol. The van der Waals surface area contributed by atoms with Gasteiger partial charge in [0, 0.05) is 26.7 Å². The van der Waals surface area contributed by atoms with E-state index in [0.717, 1.165) is 24.0 Å². The number of ether oxygens (including phenoxy) is 1. The molecule has 0 spiro atoms. The number of amides is 1. The van der Waals surface area contributed by atoms with Crippen molar-refractivity contribution in [2.75, 3.05) is 26.8 Å². The molecule has 138 valence electrons. The van der Waals surface area contributed by atoms with E-state index in [2.05, 4.69) is 4.72 Å². The summed E-state index contributed by atoms with van der Waals surface area (Å²) in [5, 5.41) is 0. The number of rotatable bonds is 7. The molecule has 7 nitrogen and oxygen atoms in total. The lowest BCUT2D eigenvalue weighted by Gasteiger charge is -2.31. The second-order valence-electron chi connectivity index (χ2n) is 6.69. The van der Waals surface area contributed by atoms with Crippen molar-refractivity contribution in [2.24, 2.45) is 11.7 Å². The Balaban J connectivity index is 1.69. The molecule has 0 unspecified atom stereocenters. The smallest absolute Gasteiger partial charge is 0.240 e. The Morgan fingerprint density at radius 1 is 1.40 bits per heavy atom. The fourth-order valence-corrected chi connectivity index (χ4v) is 4.18. The van der Waals surface area contributed by atoms with Gasteiger partial charge in [0.15, 0.2) is 0 Å². The number of nitrogens with zero attached hydrogens (tertiary/aromatic N) is 1. The molecule has 1 aromatic carbocycles. The van der Waals surface area contributed by atoms with Crippen molar-refractivity contribution >= 4 is 15.9 Å². The minimum atomic E-state index is -3.54. The fraction of sp³-hybridized carbons (Fsp3) is 0.588. The number of fused-ring (bicyclic) bond motifs is 1. The molecular weight excluding hydrogens is 342 g/mol. The van der Waals surface area contributed by atoms with E-state index in [1.54, 1.807) is 23.1 Å². The van der Waals surface area contributed by atoms with Crippen molar-refractivity contribution < 1.29 is 17.9 Å². The fourth-order valence-electron chi connectivity index (χ4n) is 3.11. The summed E-state index contributed by atoms with van der Waals surface area (Å²) in [6.45, 7) is 1.62. The van der Waals surface area contributed by atoms with Gasteiger partial charge in [-0.25, -0.2) is 13.1 Å². The molecule has 1 aliphatic carbocycles. The predicted molar refractivity (Wildman–Crippen MR) is 93.3 cm³/mol. The Morgan fingerprint density at radius 2 is 2.16 bits per heavy atom. The summed E-state index contributed by atoms with van der Waals surface area (Å²) in [6, 6.07) is 4.68. The van der Waals surface area contributed by atoms with E-state index in [-0.39, 0.29) is 17.3 Å². The van der Waals surface area contributed by atoms with Gasteiger partial charge >= 0.3 is 0 Å². The van der Waals surface area contributed by atoms with Crippen LogP contribution in [0.15, 0.2) is 23.1 Å². The van der Waals surface area contributed by atoms with Gasteiger partial charge in [-0.15, -0.1) is 0 Å². The molecule has 1 atom stereocenters. The second-order valence-corrected chi connectivity index (χ2v) is 8.46. The average molecular weight is 367 g/mol. The number of sulfonamides is 1. The van der Waals surface area contributed by atoms with Crippen LogP contribution in [0.3, 0.4) is 0 Å². The summed E-state index contributed by atoms with van der Waals surface area (Å²) in [7, 11) is -2.02. The molecule has 1 aliphatic heterocycles. The Bertz CT molecular complexity index is 746. The molecule has 1 fully saturated rings. The lowest BCUT2D eigenvalue weighted by atomic mass is 9.99. The maximum Gasteiger partial charge on any atom is 0.240 e. The Morgan fingerprint density at radius 3 is 2.84 bits per heavy atom. The van der Waals surface area contributed by atoms with E-state index in [9.17, 15) is 13.2 Å². The van der Waals surface area contributed by atoms with Crippen LogP contribution in [0.2, 0.25) is 0 Å².